The summed E-state index contributed by atoms with van der Waals surface area (Å²) in [5, 5.41) is 4.30. The molecule has 0 bridgehead atoms. The Bertz CT molecular complexity index is 470. The Morgan fingerprint density at radius 3 is 2.68 bits per heavy atom. The van der Waals surface area contributed by atoms with Crippen molar-refractivity contribution in [3.8, 4) is 0 Å². The highest BCUT2D eigenvalue weighted by atomic mass is 32.1. The fourth-order valence-corrected chi connectivity index (χ4v) is 3.10. The third-order valence-corrected chi connectivity index (χ3v) is 4.33. The highest BCUT2D eigenvalue weighted by Crippen LogP contribution is 2.19. The summed E-state index contributed by atoms with van der Waals surface area (Å²) in [4.78, 5) is 13.5. The average Bonchev–Trinajstić information content (AvgIpc) is 3.03. The van der Waals surface area contributed by atoms with Crippen LogP contribution < -0.4 is 10.2 Å². The van der Waals surface area contributed by atoms with E-state index in [1.54, 1.807) is 0 Å². The molecule has 0 radical (unpaired) electrons. The fraction of sp³-hybridized carbons (Fsp3) is 0.786. The van der Waals surface area contributed by atoms with Crippen LogP contribution in [0.1, 0.15) is 26.1 Å². The SMILES string of the molecule is CCNC(=NCCCF)N1CCN(c2nc(CC)ns2)CC1. The second-order valence-electron chi connectivity index (χ2n) is 5.10. The number of anilines is 1. The number of rotatable bonds is 6. The maximum atomic E-state index is 12.2. The van der Waals surface area contributed by atoms with Gasteiger partial charge in [-0.05, 0) is 13.3 Å². The van der Waals surface area contributed by atoms with E-state index in [4.69, 9.17) is 0 Å². The van der Waals surface area contributed by atoms with Gasteiger partial charge in [0, 0.05) is 57.2 Å². The zero-order valence-electron chi connectivity index (χ0n) is 13.4. The Morgan fingerprint density at radius 2 is 2.09 bits per heavy atom. The minimum absolute atomic E-state index is 0.312. The van der Waals surface area contributed by atoms with Gasteiger partial charge < -0.3 is 15.1 Å². The first-order valence-electron chi connectivity index (χ1n) is 7.95. The first-order valence-corrected chi connectivity index (χ1v) is 8.72. The van der Waals surface area contributed by atoms with Gasteiger partial charge in [0.1, 0.15) is 5.82 Å². The molecule has 22 heavy (non-hydrogen) atoms. The molecule has 1 aliphatic rings. The zero-order valence-corrected chi connectivity index (χ0v) is 14.2. The molecule has 1 fully saturated rings. The molecular weight excluding hydrogens is 303 g/mol. The summed E-state index contributed by atoms with van der Waals surface area (Å²) in [6.45, 7) is 8.77. The van der Waals surface area contributed by atoms with Crippen molar-refractivity contribution in [2.45, 2.75) is 26.7 Å². The van der Waals surface area contributed by atoms with Gasteiger partial charge in [-0.1, -0.05) is 6.92 Å². The molecular formula is C14H25FN6S. The minimum Gasteiger partial charge on any atom is -0.357 e. The molecule has 2 rings (SSSR count). The highest BCUT2D eigenvalue weighted by Gasteiger charge is 2.21. The molecule has 2 heterocycles. The number of halogens is 1. The number of hydrogen-bond donors (Lipinski definition) is 1. The Morgan fingerprint density at radius 1 is 1.32 bits per heavy atom. The molecule has 0 atom stereocenters. The van der Waals surface area contributed by atoms with Crippen LogP contribution in [0.4, 0.5) is 9.52 Å². The largest absolute Gasteiger partial charge is 0.357 e. The van der Waals surface area contributed by atoms with Crippen LogP contribution in [0.25, 0.3) is 0 Å². The summed E-state index contributed by atoms with van der Waals surface area (Å²) in [6, 6.07) is 0. The van der Waals surface area contributed by atoms with Gasteiger partial charge in [0.05, 0.1) is 6.67 Å². The average molecular weight is 328 g/mol. The summed E-state index contributed by atoms with van der Waals surface area (Å²) in [5.41, 5.74) is 0. The van der Waals surface area contributed by atoms with E-state index < -0.39 is 0 Å². The number of nitrogens with one attached hydrogen (secondary N) is 1. The van der Waals surface area contributed by atoms with E-state index >= 15 is 0 Å². The first-order chi connectivity index (χ1) is 10.8. The van der Waals surface area contributed by atoms with Crippen molar-refractivity contribution in [3.05, 3.63) is 5.82 Å². The molecule has 1 N–H and O–H groups in total. The van der Waals surface area contributed by atoms with Crippen molar-refractivity contribution >= 4 is 22.6 Å². The quantitative estimate of drug-likeness (QED) is 0.488. The fourth-order valence-electron chi connectivity index (χ4n) is 2.30. The summed E-state index contributed by atoms with van der Waals surface area (Å²) < 4.78 is 16.6. The third kappa shape index (κ3) is 4.53. The maximum Gasteiger partial charge on any atom is 0.205 e. The topological polar surface area (TPSA) is 56.7 Å². The van der Waals surface area contributed by atoms with Crippen LogP contribution in [-0.4, -0.2) is 66.2 Å². The number of aliphatic imine (C=N–C) groups is 1. The van der Waals surface area contributed by atoms with Gasteiger partial charge in [-0.25, -0.2) is 4.98 Å². The molecule has 0 spiro atoms. The molecule has 0 saturated carbocycles. The Balaban J connectivity index is 1.90. The van der Waals surface area contributed by atoms with E-state index in [2.05, 4.69) is 43.3 Å². The van der Waals surface area contributed by atoms with Crippen molar-refractivity contribution in [2.24, 2.45) is 4.99 Å². The standard InChI is InChI=1S/C14H25FN6S/c1-3-12-18-14(22-19-12)21-10-8-20(9-11-21)13(16-4-2)17-7-5-6-15/h3-11H2,1-2H3,(H,16,17). The van der Waals surface area contributed by atoms with Gasteiger partial charge in [-0.2, -0.15) is 4.37 Å². The van der Waals surface area contributed by atoms with Crippen LogP contribution in [-0.2, 0) is 6.42 Å². The highest BCUT2D eigenvalue weighted by molar-refractivity contribution is 7.09. The lowest BCUT2D eigenvalue weighted by Gasteiger charge is -2.36. The van der Waals surface area contributed by atoms with Gasteiger partial charge in [0.2, 0.25) is 5.13 Å². The zero-order chi connectivity index (χ0) is 15.8. The molecule has 0 unspecified atom stereocenters. The summed E-state index contributed by atoms with van der Waals surface area (Å²) in [5.74, 6) is 1.81. The van der Waals surface area contributed by atoms with Crippen molar-refractivity contribution in [1.82, 2.24) is 19.6 Å². The number of hydrogen-bond acceptors (Lipinski definition) is 5. The number of alkyl halides is 1. The van der Waals surface area contributed by atoms with Crippen LogP contribution in [0, 0.1) is 0 Å². The molecule has 0 amide bonds. The second kappa shape index (κ2) is 8.87. The van der Waals surface area contributed by atoms with Crippen molar-refractivity contribution < 1.29 is 4.39 Å². The Hall–Kier alpha value is -1.44. The lowest BCUT2D eigenvalue weighted by molar-refractivity contribution is 0.371. The van der Waals surface area contributed by atoms with Gasteiger partial charge in [-0.15, -0.1) is 0 Å². The van der Waals surface area contributed by atoms with Crippen LogP contribution in [0.3, 0.4) is 0 Å². The molecule has 0 aromatic carbocycles. The Labute approximate surface area is 135 Å². The van der Waals surface area contributed by atoms with Crippen molar-refractivity contribution in [3.63, 3.8) is 0 Å². The second-order valence-corrected chi connectivity index (χ2v) is 5.83. The van der Waals surface area contributed by atoms with Gasteiger partial charge >= 0.3 is 0 Å². The predicted molar refractivity (Wildman–Crippen MR) is 89.6 cm³/mol. The molecule has 124 valence electrons. The number of aryl methyl sites for hydroxylation is 1. The predicted octanol–water partition coefficient (Wildman–Crippen LogP) is 1.55. The van der Waals surface area contributed by atoms with Crippen molar-refractivity contribution in [1.29, 1.82) is 0 Å². The lowest BCUT2D eigenvalue weighted by atomic mass is 10.3. The summed E-state index contributed by atoms with van der Waals surface area (Å²) >= 11 is 1.48. The van der Waals surface area contributed by atoms with Gasteiger partial charge in [0.15, 0.2) is 5.96 Å². The number of nitrogens with zero attached hydrogens (tertiary/aromatic N) is 5. The van der Waals surface area contributed by atoms with Crippen molar-refractivity contribution in [2.75, 3.05) is 50.8 Å². The van der Waals surface area contributed by atoms with E-state index in [9.17, 15) is 4.39 Å². The van der Waals surface area contributed by atoms with E-state index in [0.717, 1.165) is 56.1 Å². The van der Waals surface area contributed by atoms with E-state index in [1.165, 1.54) is 11.5 Å². The van der Waals surface area contributed by atoms with Crippen LogP contribution in [0.5, 0.6) is 0 Å². The third-order valence-electron chi connectivity index (χ3n) is 3.51. The van der Waals surface area contributed by atoms with Crippen LogP contribution in [0.2, 0.25) is 0 Å². The van der Waals surface area contributed by atoms with Gasteiger partial charge in [0.25, 0.3) is 0 Å². The lowest BCUT2D eigenvalue weighted by Crippen LogP contribution is -2.52. The summed E-state index contributed by atoms with van der Waals surface area (Å²) in [7, 11) is 0. The van der Waals surface area contributed by atoms with E-state index in [1.807, 2.05) is 0 Å². The minimum atomic E-state index is -0.312. The number of aromatic nitrogens is 2. The monoisotopic (exact) mass is 328 g/mol. The molecule has 1 aromatic heterocycles. The number of guanidine groups is 1. The smallest absolute Gasteiger partial charge is 0.205 e. The van der Waals surface area contributed by atoms with E-state index in [-0.39, 0.29) is 6.67 Å². The van der Waals surface area contributed by atoms with Crippen LogP contribution in [0.15, 0.2) is 4.99 Å². The molecule has 8 heteroatoms. The molecule has 1 aromatic rings. The molecule has 1 aliphatic heterocycles. The van der Waals surface area contributed by atoms with E-state index in [0.29, 0.717) is 13.0 Å². The first kappa shape index (κ1) is 16.9. The molecule has 1 saturated heterocycles. The van der Waals surface area contributed by atoms with Crippen LogP contribution >= 0.6 is 11.5 Å². The Kier molecular flexibility index (Phi) is 6.82. The maximum absolute atomic E-state index is 12.2. The van der Waals surface area contributed by atoms with Gasteiger partial charge in [-0.3, -0.25) is 9.38 Å². The number of piperazine rings is 1. The summed E-state index contributed by atoms with van der Waals surface area (Å²) in [6.07, 6.45) is 1.36. The molecule has 0 aliphatic carbocycles. The normalized spacial score (nSPS) is 16.2. The molecule has 6 nitrogen and oxygen atoms in total.